The number of carbonyl (C=O) groups is 2. The van der Waals surface area contributed by atoms with Crippen molar-refractivity contribution in [3.63, 3.8) is 0 Å². The van der Waals surface area contributed by atoms with Crippen LogP contribution in [0.25, 0.3) is 0 Å². The number of benzene rings is 1. The van der Waals surface area contributed by atoms with Gasteiger partial charge in [-0.2, -0.15) is 0 Å². The molecular formula is C13H17BrN2O3. The molecule has 1 aromatic rings. The van der Waals surface area contributed by atoms with Crippen LogP contribution < -0.4 is 5.32 Å². The molecule has 1 aromatic carbocycles. The molecule has 0 heterocycles. The van der Waals surface area contributed by atoms with Crippen LogP contribution in [0.5, 0.6) is 0 Å². The van der Waals surface area contributed by atoms with Gasteiger partial charge in [-0.25, -0.2) is 9.59 Å². The zero-order valence-electron chi connectivity index (χ0n) is 10.9. The number of anilines is 1. The summed E-state index contributed by atoms with van der Waals surface area (Å²) in [5, 5.41) is 11.8. The summed E-state index contributed by atoms with van der Waals surface area (Å²) in [7, 11) is 0. The summed E-state index contributed by atoms with van der Waals surface area (Å²) in [6.45, 7) is 5.08. The summed E-state index contributed by atoms with van der Waals surface area (Å²) in [4.78, 5) is 24.8. The first kappa shape index (κ1) is 15.5. The predicted molar refractivity (Wildman–Crippen MR) is 77.7 cm³/mol. The molecule has 0 aliphatic rings. The average molecular weight is 329 g/mol. The van der Waals surface area contributed by atoms with E-state index in [4.69, 9.17) is 5.11 Å². The van der Waals surface area contributed by atoms with Crippen molar-refractivity contribution in [2.75, 3.05) is 18.4 Å². The number of urea groups is 1. The molecule has 0 bridgehead atoms. The highest BCUT2D eigenvalue weighted by molar-refractivity contribution is 9.10. The number of carbonyl (C=O) groups excluding carboxylic acids is 1. The first-order chi connectivity index (χ1) is 9.01. The van der Waals surface area contributed by atoms with E-state index in [0.29, 0.717) is 17.6 Å². The van der Waals surface area contributed by atoms with E-state index in [0.717, 1.165) is 6.42 Å². The SMILES string of the molecule is CCCN(CC)C(=O)Nc1c(Br)cccc1C(=O)O. The number of carboxylic acid groups (broad SMARTS) is 1. The Hall–Kier alpha value is -1.56. The first-order valence-electron chi connectivity index (χ1n) is 6.09. The lowest BCUT2D eigenvalue weighted by Crippen LogP contribution is -2.35. The van der Waals surface area contributed by atoms with Crippen LogP contribution in [0, 0.1) is 0 Å². The number of rotatable bonds is 5. The summed E-state index contributed by atoms with van der Waals surface area (Å²) in [5.41, 5.74) is 0.352. The molecule has 0 saturated heterocycles. The van der Waals surface area contributed by atoms with Crippen molar-refractivity contribution in [2.45, 2.75) is 20.3 Å². The van der Waals surface area contributed by atoms with E-state index >= 15 is 0 Å². The van der Waals surface area contributed by atoms with Gasteiger partial charge in [0.2, 0.25) is 0 Å². The van der Waals surface area contributed by atoms with E-state index in [9.17, 15) is 9.59 Å². The number of halogens is 1. The highest BCUT2D eigenvalue weighted by Crippen LogP contribution is 2.26. The molecule has 2 N–H and O–H groups in total. The molecule has 1 rings (SSSR count). The van der Waals surface area contributed by atoms with Crippen LogP contribution >= 0.6 is 15.9 Å². The van der Waals surface area contributed by atoms with E-state index in [1.807, 2.05) is 13.8 Å². The van der Waals surface area contributed by atoms with Gasteiger partial charge >= 0.3 is 12.0 Å². The van der Waals surface area contributed by atoms with Crippen LogP contribution in [0.2, 0.25) is 0 Å². The Morgan fingerprint density at radius 1 is 1.37 bits per heavy atom. The number of hydrogen-bond donors (Lipinski definition) is 2. The summed E-state index contributed by atoms with van der Waals surface area (Å²) in [6.07, 6.45) is 0.850. The van der Waals surface area contributed by atoms with Gasteiger partial charge in [-0.3, -0.25) is 0 Å². The molecule has 0 saturated carbocycles. The molecule has 0 fully saturated rings. The van der Waals surface area contributed by atoms with Crippen LogP contribution in [0.3, 0.4) is 0 Å². The maximum absolute atomic E-state index is 12.1. The third-order valence-electron chi connectivity index (χ3n) is 2.64. The van der Waals surface area contributed by atoms with Gasteiger partial charge in [0.25, 0.3) is 0 Å². The fourth-order valence-electron chi connectivity index (χ4n) is 1.69. The lowest BCUT2D eigenvalue weighted by atomic mass is 10.2. The monoisotopic (exact) mass is 328 g/mol. The molecular weight excluding hydrogens is 312 g/mol. The Morgan fingerprint density at radius 3 is 2.58 bits per heavy atom. The number of para-hydroxylation sites is 1. The smallest absolute Gasteiger partial charge is 0.337 e. The van der Waals surface area contributed by atoms with Crippen molar-refractivity contribution >= 4 is 33.6 Å². The molecule has 0 spiro atoms. The van der Waals surface area contributed by atoms with Crippen LogP contribution in [0.15, 0.2) is 22.7 Å². The van der Waals surface area contributed by atoms with Gasteiger partial charge in [0.05, 0.1) is 11.3 Å². The highest BCUT2D eigenvalue weighted by Gasteiger charge is 2.17. The van der Waals surface area contributed by atoms with E-state index in [1.54, 1.807) is 17.0 Å². The Morgan fingerprint density at radius 2 is 2.05 bits per heavy atom. The molecule has 0 unspecified atom stereocenters. The molecule has 0 atom stereocenters. The van der Waals surface area contributed by atoms with Crippen molar-refractivity contribution in [1.29, 1.82) is 0 Å². The van der Waals surface area contributed by atoms with E-state index in [-0.39, 0.29) is 17.3 Å². The zero-order valence-corrected chi connectivity index (χ0v) is 12.5. The third kappa shape index (κ3) is 3.96. The first-order valence-corrected chi connectivity index (χ1v) is 6.88. The van der Waals surface area contributed by atoms with Crippen LogP contribution in [0.4, 0.5) is 10.5 Å². The van der Waals surface area contributed by atoms with Gasteiger partial charge in [-0.1, -0.05) is 13.0 Å². The van der Waals surface area contributed by atoms with Gasteiger partial charge in [0, 0.05) is 17.6 Å². The molecule has 104 valence electrons. The minimum absolute atomic E-state index is 0.0651. The van der Waals surface area contributed by atoms with Crippen molar-refractivity contribution in [3.05, 3.63) is 28.2 Å². The Bertz CT molecular complexity index is 477. The third-order valence-corrected chi connectivity index (χ3v) is 3.30. The largest absolute Gasteiger partial charge is 0.478 e. The Kier molecular flexibility index (Phi) is 5.82. The summed E-state index contributed by atoms with van der Waals surface area (Å²) in [5.74, 6) is -1.07. The summed E-state index contributed by atoms with van der Waals surface area (Å²) < 4.78 is 0.549. The van der Waals surface area contributed by atoms with Gasteiger partial charge in [0.15, 0.2) is 0 Å². The molecule has 0 aliphatic heterocycles. The highest BCUT2D eigenvalue weighted by atomic mass is 79.9. The fourth-order valence-corrected chi connectivity index (χ4v) is 2.15. The molecule has 6 heteroatoms. The maximum atomic E-state index is 12.1. The van der Waals surface area contributed by atoms with E-state index < -0.39 is 5.97 Å². The van der Waals surface area contributed by atoms with E-state index in [1.165, 1.54) is 6.07 Å². The molecule has 5 nitrogen and oxygen atoms in total. The van der Waals surface area contributed by atoms with Crippen molar-refractivity contribution in [1.82, 2.24) is 4.90 Å². The number of amides is 2. The zero-order chi connectivity index (χ0) is 14.4. The number of aromatic carboxylic acids is 1. The topological polar surface area (TPSA) is 69.6 Å². The van der Waals surface area contributed by atoms with Crippen molar-refractivity contribution < 1.29 is 14.7 Å². The van der Waals surface area contributed by atoms with Crippen molar-refractivity contribution in [3.8, 4) is 0 Å². The Balaban J connectivity index is 2.98. The van der Waals surface area contributed by atoms with Crippen molar-refractivity contribution in [2.24, 2.45) is 0 Å². The quantitative estimate of drug-likeness (QED) is 0.870. The second-order valence-electron chi connectivity index (χ2n) is 3.98. The normalized spacial score (nSPS) is 10.1. The number of nitrogens with one attached hydrogen (secondary N) is 1. The average Bonchev–Trinajstić information content (AvgIpc) is 2.37. The maximum Gasteiger partial charge on any atom is 0.337 e. The minimum Gasteiger partial charge on any atom is -0.478 e. The summed E-state index contributed by atoms with van der Waals surface area (Å²) in [6, 6.07) is 4.47. The standard InChI is InChI=1S/C13H17BrN2O3/c1-3-8-16(4-2)13(19)15-11-9(12(17)18)6-5-7-10(11)14/h5-7H,3-4,8H2,1-2H3,(H,15,19)(H,17,18). The lowest BCUT2D eigenvalue weighted by Gasteiger charge is -2.21. The number of hydrogen-bond acceptors (Lipinski definition) is 2. The molecule has 2 amide bonds. The molecule has 0 aliphatic carbocycles. The second-order valence-corrected chi connectivity index (χ2v) is 4.83. The number of carboxylic acids is 1. The van der Waals surface area contributed by atoms with Crippen LogP contribution in [-0.4, -0.2) is 35.1 Å². The van der Waals surface area contributed by atoms with Crippen LogP contribution in [0.1, 0.15) is 30.6 Å². The molecule has 0 aromatic heterocycles. The van der Waals surface area contributed by atoms with Gasteiger partial charge in [-0.15, -0.1) is 0 Å². The lowest BCUT2D eigenvalue weighted by molar-refractivity contribution is 0.0698. The van der Waals surface area contributed by atoms with Gasteiger partial charge < -0.3 is 15.3 Å². The number of nitrogens with zero attached hydrogens (tertiary/aromatic N) is 1. The Labute approximate surface area is 120 Å². The van der Waals surface area contributed by atoms with Gasteiger partial charge in [-0.05, 0) is 41.4 Å². The summed E-state index contributed by atoms with van der Waals surface area (Å²) >= 11 is 3.26. The van der Waals surface area contributed by atoms with E-state index in [2.05, 4.69) is 21.2 Å². The second kappa shape index (κ2) is 7.13. The molecule has 19 heavy (non-hydrogen) atoms. The predicted octanol–water partition coefficient (Wildman–Crippen LogP) is 3.41. The molecule has 0 radical (unpaired) electrons. The fraction of sp³-hybridized carbons (Fsp3) is 0.385. The van der Waals surface area contributed by atoms with Crippen LogP contribution in [-0.2, 0) is 0 Å². The van der Waals surface area contributed by atoms with Gasteiger partial charge in [0.1, 0.15) is 0 Å². The minimum atomic E-state index is -1.07.